The van der Waals surface area contributed by atoms with Gasteiger partial charge in [0.25, 0.3) is 0 Å². The SMILES string of the molecule is Cc1c(Br)cccc1NC(=O)CCC(C)CCN. The van der Waals surface area contributed by atoms with Crippen LogP contribution < -0.4 is 11.1 Å². The quantitative estimate of drug-likeness (QED) is 0.845. The van der Waals surface area contributed by atoms with Crippen LogP contribution in [0.25, 0.3) is 0 Å². The lowest BCUT2D eigenvalue weighted by atomic mass is 10.0. The van der Waals surface area contributed by atoms with E-state index in [9.17, 15) is 4.79 Å². The molecule has 1 atom stereocenters. The molecule has 0 saturated heterocycles. The van der Waals surface area contributed by atoms with E-state index in [1.165, 1.54) is 0 Å². The molecule has 0 radical (unpaired) electrons. The first-order chi connectivity index (χ1) is 8.54. The number of nitrogens with one attached hydrogen (secondary N) is 1. The smallest absolute Gasteiger partial charge is 0.224 e. The van der Waals surface area contributed by atoms with E-state index in [4.69, 9.17) is 5.73 Å². The van der Waals surface area contributed by atoms with Gasteiger partial charge in [0.15, 0.2) is 0 Å². The molecule has 100 valence electrons. The molecule has 1 rings (SSSR count). The molecule has 0 aliphatic heterocycles. The lowest BCUT2D eigenvalue weighted by Gasteiger charge is -2.12. The van der Waals surface area contributed by atoms with E-state index in [0.29, 0.717) is 18.9 Å². The third-order valence-corrected chi connectivity index (χ3v) is 3.92. The summed E-state index contributed by atoms with van der Waals surface area (Å²) < 4.78 is 1.01. The molecule has 0 fully saturated rings. The molecule has 0 aromatic heterocycles. The van der Waals surface area contributed by atoms with Gasteiger partial charge in [-0.2, -0.15) is 0 Å². The molecular weight excluding hydrogens is 292 g/mol. The minimum Gasteiger partial charge on any atom is -0.330 e. The summed E-state index contributed by atoms with van der Waals surface area (Å²) in [5.74, 6) is 0.574. The van der Waals surface area contributed by atoms with Crippen molar-refractivity contribution in [3.05, 3.63) is 28.2 Å². The van der Waals surface area contributed by atoms with Gasteiger partial charge in [-0.3, -0.25) is 4.79 Å². The summed E-state index contributed by atoms with van der Waals surface area (Å²) in [4.78, 5) is 11.8. The average Bonchev–Trinajstić information content (AvgIpc) is 2.33. The molecule has 0 bridgehead atoms. The van der Waals surface area contributed by atoms with Crippen LogP contribution in [0.5, 0.6) is 0 Å². The fourth-order valence-corrected chi connectivity index (χ4v) is 2.13. The number of rotatable bonds is 6. The Kier molecular flexibility index (Phi) is 6.36. The van der Waals surface area contributed by atoms with Crippen molar-refractivity contribution in [2.75, 3.05) is 11.9 Å². The number of nitrogens with two attached hydrogens (primary N) is 1. The summed E-state index contributed by atoms with van der Waals surface area (Å²) in [6.07, 6.45) is 2.41. The van der Waals surface area contributed by atoms with Crippen LogP contribution in [0.2, 0.25) is 0 Å². The van der Waals surface area contributed by atoms with Crippen LogP contribution in [0.3, 0.4) is 0 Å². The molecule has 1 amide bonds. The molecule has 0 aliphatic rings. The van der Waals surface area contributed by atoms with E-state index in [2.05, 4.69) is 28.2 Å². The highest BCUT2D eigenvalue weighted by Crippen LogP contribution is 2.23. The highest BCUT2D eigenvalue weighted by atomic mass is 79.9. The predicted molar refractivity (Wildman–Crippen MR) is 79.6 cm³/mol. The number of carbonyl (C=O) groups is 1. The van der Waals surface area contributed by atoms with Crippen LogP contribution in [-0.2, 0) is 4.79 Å². The molecule has 18 heavy (non-hydrogen) atoms. The number of amides is 1. The predicted octanol–water partition coefficient (Wildman–Crippen LogP) is 3.46. The largest absolute Gasteiger partial charge is 0.330 e. The van der Waals surface area contributed by atoms with E-state index in [0.717, 1.165) is 28.6 Å². The van der Waals surface area contributed by atoms with Crippen LogP contribution in [-0.4, -0.2) is 12.5 Å². The summed E-state index contributed by atoms with van der Waals surface area (Å²) in [7, 11) is 0. The summed E-state index contributed by atoms with van der Waals surface area (Å²) in [6.45, 7) is 4.80. The van der Waals surface area contributed by atoms with Crippen molar-refractivity contribution in [3.8, 4) is 0 Å². The van der Waals surface area contributed by atoms with Gasteiger partial charge in [-0.05, 0) is 49.9 Å². The first kappa shape index (κ1) is 15.2. The maximum Gasteiger partial charge on any atom is 0.224 e. The van der Waals surface area contributed by atoms with Crippen LogP contribution in [0.1, 0.15) is 31.7 Å². The Hall–Kier alpha value is -0.870. The number of hydrogen-bond acceptors (Lipinski definition) is 2. The maximum absolute atomic E-state index is 11.8. The Labute approximate surface area is 117 Å². The molecule has 3 N–H and O–H groups in total. The van der Waals surface area contributed by atoms with Crippen molar-refractivity contribution in [1.82, 2.24) is 0 Å². The summed E-state index contributed by atoms with van der Waals surface area (Å²) in [6, 6.07) is 5.80. The second-order valence-corrected chi connectivity index (χ2v) is 5.54. The summed E-state index contributed by atoms with van der Waals surface area (Å²) in [5, 5.41) is 2.95. The van der Waals surface area contributed by atoms with Gasteiger partial charge in [0.05, 0.1) is 0 Å². The second kappa shape index (κ2) is 7.54. The van der Waals surface area contributed by atoms with E-state index >= 15 is 0 Å². The molecule has 1 unspecified atom stereocenters. The summed E-state index contributed by atoms with van der Waals surface area (Å²) in [5.41, 5.74) is 7.42. The van der Waals surface area contributed by atoms with E-state index in [1.807, 2.05) is 25.1 Å². The monoisotopic (exact) mass is 312 g/mol. The molecule has 0 saturated carbocycles. The van der Waals surface area contributed by atoms with Crippen molar-refractivity contribution >= 4 is 27.5 Å². The Bertz CT molecular complexity index is 407. The van der Waals surface area contributed by atoms with E-state index < -0.39 is 0 Å². The van der Waals surface area contributed by atoms with Gasteiger partial charge in [0, 0.05) is 16.6 Å². The lowest BCUT2D eigenvalue weighted by Crippen LogP contribution is -2.14. The molecule has 4 heteroatoms. The maximum atomic E-state index is 11.8. The second-order valence-electron chi connectivity index (χ2n) is 4.68. The fourth-order valence-electron chi connectivity index (χ4n) is 1.76. The van der Waals surface area contributed by atoms with Crippen LogP contribution >= 0.6 is 15.9 Å². The highest BCUT2D eigenvalue weighted by Gasteiger charge is 2.08. The average molecular weight is 313 g/mol. The third-order valence-electron chi connectivity index (χ3n) is 3.07. The lowest BCUT2D eigenvalue weighted by molar-refractivity contribution is -0.116. The van der Waals surface area contributed by atoms with Crippen LogP contribution in [0.15, 0.2) is 22.7 Å². The minimum absolute atomic E-state index is 0.0695. The Balaban J connectivity index is 2.47. The topological polar surface area (TPSA) is 55.1 Å². The van der Waals surface area contributed by atoms with Crippen molar-refractivity contribution < 1.29 is 4.79 Å². The number of anilines is 1. The van der Waals surface area contributed by atoms with Crippen molar-refractivity contribution in [2.45, 2.75) is 33.1 Å². The number of carbonyl (C=O) groups excluding carboxylic acids is 1. The Morgan fingerprint density at radius 3 is 2.83 bits per heavy atom. The van der Waals surface area contributed by atoms with Gasteiger partial charge in [-0.25, -0.2) is 0 Å². The third kappa shape index (κ3) is 4.78. The van der Waals surface area contributed by atoms with Crippen LogP contribution in [0.4, 0.5) is 5.69 Å². The van der Waals surface area contributed by atoms with E-state index in [-0.39, 0.29) is 5.91 Å². The number of benzene rings is 1. The first-order valence-electron chi connectivity index (χ1n) is 6.29. The molecular formula is C14H21BrN2O. The molecule has 0 spiro atoms. The Morgan fingerprint density at radius 2 is 2.17 bits per heavy atom. The number of hydrogen-bond donors (Lipinski definition) is 2. The zero-order valence-electron chi connectivity index (χ0n) is 11.0. The first-order valence-corrected chi connectivity index (χ1v) is 7.09. The van der Waals surface area contributed by atoms with Gasteiger partial charge in [-0.1, -0.05) is 28.9 Å². The molecule has 0 aliphatic carbocycles. The normalized spacial score (nSPS) is 12.2. The molecule has 1 aromatic rings. The van der Waals surface area contributed by atoms with Crippen LogP contribution in [0, 0.1) is 12.8 Å². The molecule has 0 heterocycles. The summed E-state index contributed by atoms with van der Waals surface area (Å²) >= 11 is 3.45. The number of halogens is 1. The van der Waals surface area contributed by atoms with Gasteiger partial charge < -0.3 is 11.1 Å². The van der Waals surface area contributed by atoms with Gasteiger partial charge in [0.2, 0.25) is 5.91 Å². The van der Waals surface area contributed by atoms with Crippen molar-refractivity contribution in [1.29, 1.82) is 0 Å². The minimum atomic E-state index is 0.0695. The standard InChI is InChI=1S/C14H21BrN2O/c1-10(8-9-16)6-7-14(18)17-13-5-3-4-12(15)11(13)2/h3-5,10H,6-9,16H2,1-2H3,(H,17,18). The fraction of sp³-hybridized carbons (Fsp3) is 0.500. The van der Waals surface area contributed by atoms with E-state index in [1.54, 1.807) is 0 Å². The molecule has 3 nitrogen and oxygen atoms in total. The van der Waals surface area contributed by atoms with Gasteiger partial charge >= 0.3 is 0 Å². The zero-order chi connectivity index (χ0) is 13.5. The molecule has 1 aromatic carbocycles. The van der Waals surface area contributed by atoms with Gasteiger partial charge in [-0.15, -0.1) is 0 Å². The van der Waals surface area contributed by atoms with Gasteiger partial charge in [0.1, 0.15) is 0 Å². The van der Waals surface area contributed by atoms with Crippen molar-refractivity contribution in [3.63, 3.8) is 0 Å². The highest BCUT2D eigenvalue weighted by molar-refractivity contribution is 9.10. The van der Waals surface area contributed by atoms with Crippen molar-refractivity contribution in [2.24, 2.45) is 11.7 Å². The zero-order valence-corrected chi connectivity index (χ0v) is 12.6. The Morgan fingerprint density at radius 1 is 1.44 bits per heavy atom.